The lowest BCUT2D eigenvalue weighted by molar-refractivity contribution is -0.149. The fourth-order valence-corrected chi connectivity index (χ4v) is 4.20. The molecule has 0 fully saturated rings. The zero-order valence-corrected chi connectivity index (χ0v) is 21.5. The second-order valence-corrected chi connectivity index (χ2v) is 9.22. The summed E-state index contributed by atoms with van der Waals surface area (Å²) in [6, 6.07) is 20.1. The Morgan fingerprint density at radius 2 is 1.72 bits per heavy atom. The predicted octanol–water partition coefficient (Wildman–Crippen LogP) is 4.11. The molecule has 1 aliphatic rings. The van der Waals surface area contributed by atoms with E-state index in [0.717, 1.165) is 16.7 Å². The third-order valence-corrected chi connectivity index (χ3v) is 6.26. The Morgan fingerprint density at radius 3 is 2.33 bits per heavy atom. The number of pyridine rings is 1. The molecule has 9 nitrogen and oxygen atoms in total. The van der Waals surface area contributed by atoms with Crippen molar-refractivity contribution in [1.29, 1.82) is 0 Å². The third kappa shape index (κ3) is 7.38. The van der Waals surface area contributed by atoms with E-state index in [2.05, 4.69) is 20.6 Å². The van der Waals surface area contributed by atoms with E-state index in [0.29, 0.717) is 17.9 Å². The summed E-state index contributed by atoms with van der Waals surface area (Å²) in [5, 5.41) is 15.3. The minimum atomic E-state index is -1.50. The van der Waals surface area contributed by atoms with Crippen LogP contribution in [0, 0.1) is 6.92 Å². The maximum Gasteiger partial charge on any atom is 0.338 e. The Bertz CT molecular complexity index is 1340. The first-order valence-electron chi connectivity index (χ1n) is 12.6. The lowest BCUT2D eigenvalue weighted by Gasteiger charge is -2.24. The average Bonchev–Trinajstić information content (AvgIpc) is 3.41. The lowest BCUT2D eigenvalue weighted by Crippen LogP contribution is -2.42. The zero-order valence-electron chi connectivity index (χ0n) is 21.5. The number of anilines is 1. The van der Waals surface area contributed by atoms with E-state index in [9.17, 15) is 19.5 Å². The molecule has 1 aliphatic heterocycles. The highest BCUT2D eigenvalue weighted by Gasteiger charge is 2.41. The molecule has 3 aromatic rings. The van der Waals surface area contributed by atoms with Crippen molar-refractivity contribution in [2.24, 2.45) is 4.99 Å². The summed E-state index contributed by atoms with van der Waals surface area (Å²) in [5.41, 5.74) is 2.31. The van der Waals surface area contributed by atoms with Gasteiger partial charge in [-0.3, -0.25) is 14.6 Å². The zero-order chi connectivity index (χ0) is 27.7. The minimum absolute atomic E-state index is 0.0527. The van der Waals surface area contributed by atoms with E-state index in [4.69, 9.17) is 4.74 Å². The number of nitrogens with zero attached hydrogens (tertiary/aromatic N) is 2. The quantitative estimate of drug-likeness (QED) is 0.239. The Balaban J connectivity index is 1.38. The Labute approximate surface area is 226 Å². The van der Waals surface area contributed by atoms with Gasteiger partial charge >= 0.3 is 11.9 Å². The van der Waals surface area contributed by atoms with Crippen LogP contribution in [0.1, 0.15) is 30.0 Å². The monoisotopic (exact) mass is 526 g/mol. The molecule has 2 atom stereocenters. The first-order chi connectivity index (χ1) is 18.8. The van der Waals surface area contributed by atoms with Gasteiger partial charge < -0.3 is 20.5 Å². The molecule has 2 heterocycles. The van der Waals surface area contributed by atoms with E-state index in [1.54, 1.807) is 36.5 Å². The van der Waals surface area contributed by atoms with Gasteiger partial charge in [0.05, 0.1) is 25.4 Å². The van der Waals surface area contributed by atoms with Crippen LogP contribution in [0.3, 0.4) is 0 Å². The van der Waals surface area contributed by atoms with Crippen molar-refractivity contribution in [2.45, 2.75) is 31.3 Å². The number of esters is 1. The topological polar surface area (TPSA) is 130 Å². The number of aryl methyl sites for hydroxylation is 1. The van der Waals surface area contributed by atoms with Gasteiger partial charge in [0, 0.05) is 12.4 Å². The number of carboxylic acid groups (broad SMARTS) is 1. The van der Waals surface area contributed by atoms with Crippen LogP contribution in [0.5, 0.6) is 0 Å². The van der Waals surface area contributed by atoms with Crippen molar-refractivity contribution in [3.63, 3.8) is 0 Å². The molecule has 2 unspecified atom stereocenters. The molecule has 0 saturated carbocycles. The number of amides is 1. The van der Waals surface area contributed by atoms with Crippen LogP contribution in [0.2, 0.25) is 0 Å². The number of carbonyl (C=O) groups excluding carboxylic acids is 2. The molecular formula is C30H30N4O5. The SMILES string of the molecule is Cc1ccc(-c2ccc(C(CC(=O)O)NC(=O)CC3(C(=O)OCCNc4ccccn4)C=CC=N3)cc2)cc1. The average molecular weight is 527 g/mol. The number of aliphatic imine (C=N–C) groups is 1. The number of aliphatic carboxylic acids is 1. The van der Waals surface area contributed by atoms with Gasteiger partial charge in [-0.2, -0.15) is 0 Å². The van der Waals surface area contributed by atoms with Gasteiger partial charge in [-0.1, -0.05) is 60.2 Å². The number of aromatic nitrogens is 1. The number of ether oxygens (including phenoxy) is 1. The minimum Gasteiger partial charge on any atom is -0.481 e. The summed E-state index contributed by atoms with van der Waals surface area (Å²) in [4.78, 5) is 45.9. The fourth-order valence-electron chi connectivity index (χ4n) is 4.20. The van der Waals surface area contributed by atoms with Crippen LogP contribution in [0.25, 0.3) is 11.1 Å². The molecule has 1 aromatic heterocycles. The maximum atomic E-state index is 13.1. The maximum absolute atomic E-state index is 13.1. The Morgan fingerprint density at radius 1 is 1.00 bits per heavy atom. The first-order valence-corrected chi connectivity index (χ1v) is 12.6. The van der Waals surface area contributed by atoms with Crippen molar-refractivity contribution in [2.75, 3.05) is 18.5 Å². The second kappa shape index (κ2) is 12.6. The van der Waals surface area contributed by atoms with Crippen LogP contribution in [-0.2, 0) is 19.1 Å². The fraction of sp³-hybridized carbons (Fsp3) is 0.233. The molecule has 2 aromatic carbocycles. The van der Waals surface area contributed by atoms with E-state index < -0.39 is 29.4 Å². The third-order valence-electron chi connectivity index (χ3n) is 6.26. The summed E-state index contributed by atoms with van der Waals surface area (Å²) in [5.74, 6) is -1.59. The van der Waals surface area contributed by atoms with Crippen molar-refractivity contribution in [3.8, 4) is 11.1 Å². The van der Waals surface area contributed by atoms with Gasteiger partial charge in [0.25, 0.3) is 0 Å². The summed E-state index contributed by atoms with van der Waals surface area (Å²) < 4.78 is 5.40. The van der Waals surface area contributed by atoms with Gasteiger partial charge in [0.1, 0.15) is 12.4 Å². The summed E-state index contributed by atoms with van der Waals surface area (Å²) in [6.07, 6.45) is 5.56. The first kappa shape index (κ1) is 27.3. The molecule has 0 bridgehead atoms. The van der Waals surface area contributed by atoms with Crippen LogP contribution < -0.4 is 10.6 Å². The largest absolute Gasteiger partial charge is 0.481 e. The molecule has 0 saturated heterocycles. The summed E-state index contributed by atoms with van der Waals surface area (Å²) >= 11 is 0. The number of hydrogen-bond acceptors (Lipinski definition) is 7. The van der Waals surface area contributed by atoms with Gasteiger partial charge in [-0.25, -0.2) is 9.78 Å². The standard InChI is InChI=1S/C30H30N4O5/c1-21-6-8-22(9-7-21)23-10-12-24(13-11-23)25(19-28(36)37)34-27(35)20-30(14-4-16-33-30)29(38)39-18-17-32-26-5-2-3-15-31-26/h2-16,25H,17-20H2,1H3,(H,31,32)(H,34,35)(H,36,37). The van der Waals surface area contributed by atoms with E-state index in [-0.39, 0.29) is 19.4 Å². The molecule has 39 heavy (non-hydrogen) atoms. The molecule has 0 spiro atoms. The highest BCUT2D eigenvalue weighted by atomic mass is 16.5. The highest BCUT2D eigenvalue weighted by Crippen LogP contribution is 2.27. The van der Waals surface area contributed by atoms with Gasteiger partial charge in [0.2, 0.25) is 5.91 Å². The van der Waals surface area contributed by atoms with Gasteiger partial charge in [-0.05, 0) is 47.9 Å². The van der Waals surface area contributed by atoms with Crippen LogP contribution >= 0.6 is 0 Å². The number of carboxylic acids is 1. The van der Waals surface area contributed by atoms with Crippen molar-refractivity contribution >= 4 is 29.9 Å². The highest BCUT2D eigenvalue weighted by molar-refractivity contribution is 5.96. The number of allylic oxidation sites excluding steroid dienone is 1. The molecule has 0 radical (unpaired) electrons. The normalized spacial score (nSPS) is 16.4. The van der Waals surface area contributed by atoms with E-state index >= 15 is 0 Å². The summed E-state index contributed by atoms with van der Waals surface area (Å²) in [7, 11) is 0. The van der Waals surface area contributed by atoms with E-state index in [1.807, 2.05) is 49.4 Å². The lowest BCUT2D eigenvalue weighted by atomic mass is 9.95. The van der Waals surface area contributed by atoms with Crippen LogP contribution in [0.15, 0.2) is 90.1 Å². The second-order valence-electron chi connectivity index (χ2n) is 9.22. The molecule has 0 aliphatic carbocycles. The molecule has 4 rings (SSSR count). The van der Waals surface area contributed by atoms with Crippen molar-refractivity contribution < 1.29 is 24.2 Å². The van der Waals surface area contributed by atoms with Crippen LogP contribution in [-0.4, -0.2) is 52.8 Å². The Kier molecular flexibility index (Phi) is 8.83. The Hall–Kier alpha value is -4.79. The number of hydrogen-bond donors (Lipinski definition) is 3. The molecule has 3 N–H and O–H groups in total. The number of benzene rings is 2. The summed E-state index contributed by atoms with van der Waals surface area (Å²) in [6.45, 7) is 2.40. The van der Waals surface area contributed by atoms with Crippen LogP contribution in [0.4, 0.5) is 5.82 Å². The van der Waals surface area contributed by atoms with Gasteiger partial charge in [0.15, 0.2) is 5.54 Å². The number of carbonyl (C=O) groups is 3. The molecule has 200 valence electrons. The van der Waals surface area contributed by atoms with Crippen molar-refractivity contribution in [1.82, 2.24) is 10.3 Å². The molecular weight excluding hydrogens is 496 g/mol. The van der Waals surface area contributed by atoms with Crippen molar-refractivity contribution in [3.05, 3.63) is 96.2 Å². The number of nitrogens with one attached hydrogen (secondary N) is 2. The smallest absolute Gasteiger partial charge is 0.338 e. The predicted molar refractivity (Wildman–Crippen MR) is 148 cm³/mol. The molecule has 1 amide bonds. The van der Waals surface area contributed by atoms with E-state index in [1.165, 1.54) is 12.3 Å². The molecule has 9 heteroatoms. The van der Waals surface area contributed by atoms with Gasteiger partial charge in [-0.15, -0.1) is 0 Å². The number of rotatable bonds is 12.